The van der Waals surface area contributed by atoms with Crippen LogP contribution in [0.2, 0.25) is 0 Å². The third-order valence-electron chi connectivity index (χ3n) is 10.5. The molecule has 0 unspecified atom stereocenters. The summed E-state index contributed by atoms with van der Waals surface area (Å²) in [5.41, 5.74) is 12.4. The van der Waals surface area contributed by atoms with Gasteiger partial charge in [0.05, 0.1) is 28.0 Å². The second kappa shape index (κ2) is 14.3. The Morgan fingerprint density at radius 3 is 1.42 bits per heavy atom. The minimum Gasteiger partial charge on any atom is -0.311 e. The van der Waals surface area contributed by atoms with Crippen molar-refractivity contribution in [3.05, 3.63) is 205 Å². The highest BCUT2D eigenvalue weighted by atomic mass is 16.2. The van der Waals surface area contributed by atoms with Gasteiger partial charge in [-0.1, -0.05) is 152 Å². The number of benzene rings is 8. The van der Waals surface area contributed by atoms with Crippen molar-refractivity contribution in [3.8, 4) is 50.2 Å². The van der Waals surface area contributed by atoms with Crippen LogP contribution in [0.4, 0.5) is 5.69 Å². The Morgan fingerprint density at radius 2 is 0.927 bits per heavy atom. The average Bonchev–Trinajstić information content (AvgIpc) is 3.59. The van der Waals surface area contributed by atoms with Crippen LogP contribution < -0.4 is 4.90 Å². The third-order valence-corrected chi connectivity index (χ3v) is 10.5. The Kier molecular flexibility index (Phi) is 8.69. The lowest BCUT2D eigenvalue weighted by Crippen LogP contribution is -2.29. The van der Waals surface area contributed by atoms with Crippen LogP contribution in [0.5, 0.6) is 0 Å². The van der Waals surface area contributed by atoms with E-state index >= 15 is 4.79 Å². The monoisotopic (exact) mass is 708 g/mol. The Bertz CT molecular complexity index is 2750. The van der Waals surface area contributed by atoms with Crippen molar-refractivity contribution in [1.82, 2.24) is 4.57 Å². The van der Waals surface area contributed by atoms with Gasteiger partial charge in [-0.25, -0.2) is 0 Å². The van der Waals surface area contributed by atoms with Gasteiger partial charge >= 0.3 is 0 Å². The van der Waals surface area contributed by atoms with E-state index in [0.717, 1.165) is 78.3 Å². The summed E-state index contributed by atoms with van der Waals surface area (Å²) in [7, 11) is 1.79. The van der Waals surface area contributed by atoms with Crippen LogP contribution in [0.15, 0.2) is 194 Å². The molecule has 0 atom stereocenters. The number of carbonyl (C=O) groups excluding carboxylic acids is 2. The van der Waals surface area contributed by atoms with Crippen molar-refractivity contribution >= 4 is 39.7 Å². The Labute approximate surface area is 320 Å². The van der Waals surface area contributed by atoms with Crippen molar-refractivity contribution in [2.24, 2.45) is 0 Å². The van der Waals surface area contributed by atoms with Crippen LogP contribution in [0.1, 0.15) is 20.7 Å². The van der Waals surface area contributed by atoms with Crippen LogP contribution in [0.3, 0.4) is 0 Å². The molecular weight excluding hydrogens is 673 g/mol. The number of carbonyl (C=O) groups is 2. The van der Waals surface area contributed by atoms with Gasteiger partial charge in [-0.2, -0.15) is 0 Å². The fourth-order valence-corrected chi connectivity index (χ4v) is 7.74. The summed E-state index contributed by atoms with van der Waals surface area (Å²) in [6.07, 6.45) is 0.788. The van der Waals surface area contributed by atoms with Gasteiger partial charge in [0.2, 0.25) is 0 Å². The molecule has 0 bridgehead atoms. The molecule has 0 spiro atoms. The number of anilines is 1. The molecule has 55 heavy (non-hydrogen) atoms. The largest absolute Gasteiger partial charge is 0.311 e. The highest BCUT2D eigenvalue weighted by Crippen LogP contribution is 2.40. The van der Waals surface area contributed by atoms with E-state index in [1.54, 1.807) is 18.0 Å². The zero-order valence-electron chi connectivity index (χ0n) is 30.3. The van der Waals surface area contributed by atoms with Crippen molar-refractivity contribution in [1.29, 1.82) is 0 Å². The first-order valence-electron chi connectivity index (χ1n) is 18.4. The second-order valence-electron chi connectivity index (χ2n) is 13.7. The summed E-state index contributed by atoms with van der Waals surface area (Å²) in [6.45, 7) is 0. The number of aldehydes is 1. The number of fused-ring (bicyclic) bond motifs is 3. The maximum absolute atomic E-state index is 15.1. The number of aromatic nitrogens is 1. The molecule has 1 amide bonds. The van der Waals surface area contributed by atoms with E-state index in [1.165, 1.54) is 0 Å². The van der Waals surface area contributed by atoms with E-state index in [-0.39, 0.29) is 5.91 Å². The molecule has 0 aliphatic heterocycles. The molecular formula is C51H36N2O2. The third kappa shape index (κ3) is 6.10. The lowest BCUT2D eigenvalue weighted by Gasteiger charge is -2.24. The van der Waals surface area contributed by atoms with Gasteiger partial charge < -0.3 is 9.47 Å². The molecule has 0 saturated carbocycles. The van der Waals surface area contributed by atoms with E-state index in [0.29, 0.717) is 16.8 Å². The van der Waals surface area contributed by atoms with E-state index < -0.39 is 0 Å². The van der Waals surface area contributed by atoms with E-state index in [4.69, 9.17) is 0 Å². The fraction of sp³-hybridized carbons (Fsp3) is 0.0196. The van der Waals surface area contributed by atoms with Gasteiger partial charge in [0, 0.05) is 28.9 Å². The summed E-state index contributed by atoms with van der Waals surface area (Å²) in [5, 5.41) is 2.11. The maximum atomic E-state index is 15.1. The zero-order valence-corrected chi connectivity index (χ0v) is 30.3. The number of amides is 1. The number of hydrogen-bond acceptors (Lipinski definition) is 2. The van der Waals surface area contributed by atoms with Crippen molar-refractivity contribution in [2.45, 2.75) is 0 Å². The zero-order chi connectivity index (χ0) is 37.3. The molecule has 0 aliphatic rings. The number of rotatable bonds is 8. The second-order valence-corrected chi connectivity index (χ2v) is 13.7. The first-order chi connectivity index (χ1) is 27.1. The predicted molar refractivity (Wildman–Crippen MR) is 227 cm³/mol. The summed E-state index contributed by atoms with van der Waals surface area (Å²) in [4.78, 5) is 29.6. The summed E-state index contributed by atoms with van der Waals surface area (Å²) >= 11 is 0. The van der Waals surface area contributed by atoms with Gasteiger partial charge in [0.15, 0.2) is 6.29 Å². The summed E-state index contributed by atoms with van der Waals surface area (Å²) in [6, 6.07) is 65.7. The Hall–Kier alpha value is -7.30. The van der Waals surface area contributed by atoms with Crippen LogP contribution in [-0.4, -0.2) is 23.8 Å². The maximum Gasteiger partial charge on any atom is 0.260 e. The molecule has 0 N–H and O–H groups in total. The molecule has 0 fully saturated rings. The topological polar surface area (TPSA) is 42.3 Å². The standard InChI is InChI=1S/C51H36N2O2/c1-52(46-28-25-39(35-15-6-2-7-16-35)31-43(46)38-21-12-5-13-22-38)51(55)50-42(34-54)23-14-24-49(50)53-47-29-26-40(36-17-8-3-9-18-36)32-44(47)45-33-41(27-30-48(45)53)37-19-10-4-11-20-37/h2-34H,1H3. The predicted octanol–water partition coefficient (Wildman–Crippen LogP) is 12.5. The number of hydrogen-bond donors (Lipinski definition) is 0. The van der Waals surface area contributed by atoms with Crippen LogP contribution in [0.25, 0.3) is 72.0 Å². The molecule has 262 valence electrons. The van der Waals surface area contributed by atoms with E-state index in [1.807, 2.05) is 91.0 Å². The fourth-order valence-electron chi connectivity index (χ4n) is 7.74. The highest BCUT2D eigenvalue weighted by Gasteiger charge is 2.26. The normalized spacial score (nSPS) is 11.1. The average molecular weight is 709 g/mol. The quantitative estimate of drug-likeness (QED) is 0.148. The van der Waals surface area contributed by atoms with Crippen LogP contribution >= 0.6 is 0 Å². The van der Waals surface area contributed by atoms with Crippen LogP contribution in [-0.2, 0) is 0 Å². The van der Waals surface area contributed by atoms with E-state index in [9.17, 15) is 4.79 Å². The molecule has 1 heterocycles. The van der Waals surface area contributed by atoms with Gasteiger partial charge in [0.25, 0.3) is 5.91 Å². The summed E-state index contributed by atoms with van der Waals surface area (Å²) < 4.78 is 2.14. The highest BCUT2D eigenvalue weighted by molar-refractivity contribution is 6.16. The molecule has 0 aliphatic carbocycles. The Balaban J connectivity index is 1.24. The smallest absolute Gasteiger partial charge is 0.260 e. The number of nitrogens with zero attached hydrogens (tertiary/aromatic N) is 2. The lowest BCUT2D eigenvalue weighted by atomic mass is 9.96. The van der Waals surface area contributed by atoms with Gasteiger partial charge in [-0.05, 0) is 81.4 Å². The molecule has 4 nitrogen and oxygen atoms in total. The molecule has 1 aromatic heterocycles. The van der Waals surface area contributed by atoms with Crippen molar-refractivity contribution in [2.75, 3.05) is 11.9 Å². The molecule has 0 saturated heterocycles. The molecule has 0 radical (unpaired) electrons. The van der Waals surface area contributed by atoms with Gasteiger partial charge in [-0.15, -0.1) is 0 Å². The first-order valence-corrected chi connectivity index (χ1v) is 18.4. The van der Waals surface area contributed by atoms with Crippen LogP contribution in [0, 0.1) is 0 Å². The minimum atomic E-state index is -0.279. The molecule has 9 rings (SSSR count). The van der Waals surface area contributed by atoms with Gasteiger partial charge in [0.1, 0.15) is 0 Å². The first kappa shape index (κ1) is 33.5. The Morgan fingerprint density at radius 1 is 0.473 bits per heavy atom. The SMILES string of the molecule is CN(C(=O)c1c(C=O)cccc1-n1c2ccc(-c3ccccc3)cc2c2cc(-c3ccccc3)ccc21)c1ccc(-c2ccccc2)cc1-c1ccccc1. The van der Waals surface area contributed by atoms with Gasteiger partial charge in [-0.3, -0.25) is 9.59 Å². The van der Waals surface area contributed by atoms with Crippen molar-refractivity contribution in [3.63, 3.8) is 0 Å². The molecule has 9 aromatic rings. The lowest BCUT2D eigenvalue weighted by molar-refractivity contribution is 0.0986. The van der Waals surface area contributed by atoms with E-state index in [2.05, 4.69) is 102 Å². The molecule has 8 aromatic carbocycles. The molecule has 4 heteroatoms. The summed E-state index contributed by atoms with van der Waals surface area (Å²) in [5.74, 6) is -0.279. The van der Waals surface area contributed by atoms with Crippen molar-refractivity contribution < 1.29 is 9.59 Å². The minimum absolute atomic E-state index is 0.279.